The van der Waals surface area contributed by atoms with E-state index >= 15 is 0 Å². The van der Waals surface area contributed by atoms with E-state index in [2.05, 4.69) is 22.4 Å². The molecule has 4 aromatic rings. The van der Waals surface area contributed by atoms with E-state index in [0.717, 1.165) is 27.5 Å². The third kappa shape index (κ3) is 4.10. The maximum Gasteiger partial charge on any atom is 0.287 e. The molecule has 34 heavy (non-hydrogen) atoms. The summed E-state index contributed by atoms with van der Waals surface area (Å²) in [4.78, 5) is 33.6. The van der Waals surface area contributed by atoms with Gasteiger partial charge < -0.3 is 19.2 Å². The number of furan rings is 1. The average Bonchev–Trinajstić information content (AvgIpc) is 3.54. The van der Waals surface area contributed by atoms with E-state index in [0.29, 0.717) is 17.9 Å². The van der Waals surface area contributed by atoms with Crippen molar-refractivity contribution in [2.24, 2.45) is 0 Å². The molecule has 0 saturated heterocycles. The molecule has 172 valence electrons. The first-order chi connectivity index (χ1) is 16.5. The fraction of sp³-hybridized carbons (Fsp3) is 0.200. The molecule has 1 N–H and O–H groups in total. The number of amides is 2. The summed E-state index contributed by atoms with van der Waals surface area (Å²) in [5, 5.41) is 6.89. The van der Waals surface area contributed by atoms with Crippen molar-refractivity contribution >= 4 is 29.3 Å². The molecule has 2 aromatic carbocycles. The second kappa shape index (κ2) is 9.18. The number of aromatic nitrogens is 2. The monoisotopic (exact) mass is 474 g/mol. The normalized spacial score (nSPS) is 13.7. The van der Waals surface area contributed by atoms with Crippen molar-refractivity contribution in [2.45, 2.75) is 36.1 Å². The highest BCUT2D eigenvalue weighted by Crippen LogP contribution is 2.42. The number of fused-ring (bicyclic) bond motifs is 2. The zero-order chi connectivity index (χ0) is 23.7. The molecule has 8 nitrogen and oxygen atoms in total. The Morgan fingerprint density at radius 2 is 2.00 bits per heavy atom. The zero-order valence-electron chi connectivity index (χ0n) is 18.6. The molecule has 3 heterocycles. The Hall–Kier alpha value is -3.85. The number of carbonyl (C=O) groups excluding carboxylic acids is 2. The average molecular weight is 475 g/mol. The summed E-state index contributed by atoms with van der Waals surface area (Å²) >= 11 is 1.55. The van der Waals surface area contributed by atoms with E-state index < -0.39 is 6.04 Å². The van der Waals surface area contributed by atoms with Crippen molar-refractivity contribution in [1.82, 2.24) is 15.5 Å². The Bertz CT molecular complexity index is 1350. The lowest BCUT2D eigenvalue weighted by molar-refractivity contribution is 0.0903. The molecule has 0 bridgehead atoms. The minimum atomic E-state index is -0.501. The zero-order valence-corrected chi connectivity index (χ0v) is 19.5. The molecular formula is C25H22N4O4S. The maximum absolute atomic E-state index is 13.2. The Balaban J connectivity index is 1.44. The lowest BCUT2D eigenvalue weighted by atomic mass is 10.1. The number of hydrogen-bond acceptors (Lipinski definition) is 7. The second-order valence-electron chi connectivity index (χ2n) is 7.87. The van der Waals surface area contributed by atoms with Crippen LogP contribution in [-0.4, -0.2) is 28.5 Å². The smallest absolute Gasteiger partial charge is 0.287 e. The van der Waals surface area contributed by atoms with Crippen LogP contribution in [0.15, 0.2) is 79.6 Å². The quantitative estimate of drug-likeness (QED) is 0.402. The molecular weight excluding hydrogens is 452 g/mol. The summed E-state index contributed by atoms with van der Waals surface area (Å²) in [6.07, 6.45) is 2.28. The largest absolute Gasteiger partial charge is 0.459 e. The van der Waals surface area contributed by atoms with Crippen LogP contribution in [0.25, 0.3) is 11.4 Å². The van der Waals surface area contributed by atoms with Gasteiger partial charge in [-0.05, 0) is 55.8 Å². The van der Waals surface area contributed by atoms with E-state index in [1.165, 1.54) is 6.26 Å². The third-order valence-electron chi connectivity index (χ3n) is 5.44. The Morgan fingerprint density at radius 1 is 1.15 bits per heavy atom. The highest BCUT2D eigenvalue weighted by molar-refractivity contribution is 7.99. The van der Waals surface area contributed by atoms with Crippen LogP contribution < -0.4 is 10.2 Å². The lowest BCUT2D eigenvalue weighted by Crippen LogP contribution is -2.31. The molecule has 0 saturated carbocycles. The van der Waals surface area contributed by atoms with Gasteiger partial charge in [0.05, 0.1) is 17.5 Å². The van der Waals surface area contributed by atoms with Gasteiger partial charge in [0.1, 0.15) is 6.04 Å². The summed E-state index contributed by atoms with van der Waals surface area (Å²) < 4.78 is 10.5. The van der Waals surface area contributed by atoms with Gasteiger partial charge in [-0.2, -0.15) is 4.98 Å². The van der Waals surface area contributed by atoms with Crippen LogP contribution in [0.1, 0.15) is 53.1 Å². The number of rotatable bonds is 6. The molecule has 2 amide bonds. The SMILES string of the molecule is CCCN1C(=O)c2ccccc2Sc2cc(-c3noc([C@H](C)NC(=O)c4ccco4)n3)ccc21. The molecule has 1 aliphatic rings. The summed E-state index contributed by atoms with van der Waals surface area (Å²) in [5.41, 5.74) is 2.32. The topological polar surface area (TPSA) is 101 Å². The standard InChI is InChI=1S/C25H22N4O4S/c1-3-12-29-18-11-10-16(14-21(18)34-20-9-5-4-7-17(20)25(29)31)22-27-24(33-28-22)15(2)26-23(30)19-8-6-13-32-19/h4-11,13-15H,3,12H2,1-2H3,(H,26,30)/t15-/m0/s1. The number of anilines is 1. The van der Waals surface area contributed by atoms with Crippen molar-refractivity contribution in [3.8, 4) is 11.4 Å². The number of benzene rings is 2. The molecule has 0 fully saturated rings. The van der Waals surface area contributed by atoms with Gasteiger partial charge in [-0.25, -0.2) is 0 Å². The first-order valence-electron chi connectivity index (χ1n) is 11.0. The van der Waals surface area contributed by atoms with Crippen LogP contribution in [0, 0.1) is 0 Å². The van der Waals surface area contributed by atoms with Crippen LogP contribution in [0.3, 0.4) is 0 Å². The van der Waals surface area contributed by atoms with Gasteiger partial charge in [0.15, 0.2) is 5.76 Å². The van der Waals surface area contributed by atoms with Crippen LogP contribution in [0.4, 0.5) is 5.69 Å². The van der Waals surface area contributed by atoms with Crippen molar-refractivity contribution in [2.75, 3.05) is 11.4 Å². The van der Waals surface area contributed by atoms with Crippen LogP contribution in [0.2, 0.25) is 0 Å². The molecule has 2 aromatic heterocycles. The fourth-order valence-corrected chi connectivity index (χ4v) is 4.89. The predicted molar refractivity (Wildman–Crippen MR) is 127 cm³/mol. The van der Waals surface area contributed by atoms with Crippen molar-refractivity contribution < 1.29 is 18.5 Å². The fourth-order valence-electron chi connectivity index (χ4n) is 3.77. The summed E-state index contributed by atoms with van der Waals surface area (Å²) in [7, 11) is 0. The van der Waals surface area contributed by atoms with E-state index in [1.807, 2.05) is 47.4 Å². The number of hydrogen-bond donors (Lipinski definition) is 1. The van der Waals surface area contributed by atoms with Crippen molar-refractivity contribution in [3.05, 3.63) is 78.1 Å². The summed E-state index contributed by atoms with van der Waals surface area (Å²) in [6.45, 7) is 4.44. The number of nitrogens with zero attached hydrogens (tertiary/aromatic N) is 3. The van der Waals surface area contributed by atoms with Crippen LogP contribution in [-0.2, 0) is 0 Å². The molecule has 0 spiro atoms. The van der Waals surface area contributed by atoms with Gasteiger partial charge in [0.25, 0.3) is 11.8 Å². The van der Waals surface area contributed by atoms with Gasteiger partial charge in [0, 0.05) is 21.9 Å². The van der Waals surface area contributed by atoms with Gasteiger partial charge in [-0.1, -0.05) is 36.0 Å². The Kier molecular flexibility index (Phi) is 5.93. The van der Waals surface area contributed by atoms with E-state index in [1.54, 1.807) is 30.8 Å². The minimum absolute atomic E-state index is 0.000536. The molecule has 1 atom stereocenters. The maximum atomic E-state index is 13.2. The molecule has 5 rings (SSSR count). The van der Waals surface area contributed by atoms with Gasteiger partial charge in [-0.3, -0.25) is 9.59 Å². The number of nitrogens with one attached hydrogen (secondary N) is 1. The lowest BCUT2D eigenvalue weighted by Gasteiger charge is -2.22. The Morgan fingerprint density at radius 3 is 2.79 bits per heavy atom. The van der Waals surface area contributed by atoms with Gasteiger partial charge in [0.2, 0.25) is 11.7 Å². The van der Waals surface area contributed by atoms with E-state index in [-0.39, 0.29) is 23.5 Å². The van der Waals surface area contributed by atoms with Crippen molar-refractivity contribution in [1.29, 1.82) is 0 Å². The van der Waals surface area contributed by atoms with Crippen LogP contribution in [0.5, 0.6) is 0 Å². The third-order valence-corrected chi connectivity index (χ3v) is 6.57. The van der Waals surface area contributed by atoms with E-state index in [4.69, 9.17) is 8.94 Å². The van der Waals surface area contributed by atoms with Crippen LogP contribution >= 0.6 is 11.8 Å². The molecule has 9 heteroatoms. The first kappa shape index (κ1) is 22.0. The Labute approximate surface area is 200 Å². The highest BCUT2D eigenvalue weighted by atomic mass is 32.2. The molecule has 0 aliphatic carbocycles. The predicted octanol–water partition coefficient (Wildman–Crippen LogP) is 5.34. The van der Waals surface area contributed by atoms with Crippen molar-refractivity contribution in [3.63, 3.8) is 0 Å². The number of carbonyl (C=O) groups is 2. The van der Waals surface area contributed by atoms with Gasteiger partial charge in [-0.15, -0.1) is 0 Å². The van der Waals surface area contributed by atoms with E-state index in [9.17, 15) is 9.59 Å². The second-order valence-corrected chi connectivity index (χ2v) is 8.95. The first-order valence-corrected chi connectivity index (χ1v) is 11.8. The highest BCUT2D eigenvalue weighted by Gasteiger charge is 2.27. The summed E-state index contributed by atoms with van der Waals surface area (Å²) in [6, 6.07) is 16.1. The van der Waals surface area contributed by atoms with Gasteiger partial charge >= 0.3 is 0 Å². The summed E-state index contributed by atoms with van der Waals surface area (Å²) in [5.74, 6) is 0.535. The molecule has 1 aliphatic heterocycles. The minimum Gasteiger partial charge on any atom is -0.459 e. The molecule has 0 radical (unpaired) electrons. The molecule has 0 unspecified atom stereocenters.